The first-order valence-electron chi connectivity index (χ1n) is 3.75. The molecule has 5 heteroatoms. The van der Waals surface area contributed by atoms with Crippen LogP contribution in [0.3, 0.4) is 0 Å². The summed E-state index contributed by atoms with van der Waals surface area (Å²) in [4.78, 5) is 20.5. The van der Waals surface area contributed by atoms with E-state index in [1.807, 2.05) is 6.07 Å². The van der Waals surface area contributed by atoms with Gasteiger partial charge in [0.05, 0.1) is 22.1 Å². The van der Waals surface area contributed by atoms with Crippen molar-refractivity contribution in [2.45, 2.75) is 6.92 Å². The van der Waals surface area contributed by atoms with Crippen molar-refractivity contribution in [3.63, 3.8) is 0 Å². The Morgan fingerprint density at radius 1 is 1.57 bits per heavy atom. The summed E-state index contributed by atoms with van der Waals surface area (Å²) in [6, 6.07) is 4.49. The van der Waals surface area contributed by atoms with Crippen molar-refractivity contribution in [1.29, 1.82) is 5.26 Å². The summed E-state index contributed by atoms with van der Waals surface area (Å²) in [5, 5.41) is 19.2. The number of carbonyl (C=O) groups excluding carboxylic acids is 1. The van der Waals surface area contributed by atoms with Crippen LogP contribution in [0.25, 0.3) is 0 Å². The molecule has 0 bridgehead atoms. The van der Waals surface area contributed by atoms with Crippen LogP contribution in [0.15, 0.2) is 12.1 Å². The van der Waals surface area contributed by atoms with E-state index in [-0.39, 0.29) is 22.4 Å². The first-order chi connectivity index (χ1) is 6.61. The summed E-state index contributed by atoms with van der Waals surface area (Å²) in [7, 11) is 0. The van der Waals surface area contributed by atoms with Crippen molar-refractivity contribution in [3.8, 4) is 6.07 Å². The second kappa shape index (κ2) is 3.66. The molecule has 1 rings (SSSR count). The number of hydrogen-bond acceptors (Lipinski definition) is 4. The van der Waals surface area contributed by atoms with E-state index < -0.39 is 4.92 Å². The second-order valence-corrected chi connectivity index (χ2v) is 2.66. The highest BCUT2D eigenvalue weighted by atomic mass is 16.6. The molecule has 14 heavy (non-hydrogen) atoms. The molecule has 1 aromatic rings. The van der Waals surface area contributed by atoms with E-state index in [1.54, 1.807) is 0 Å². The quantitative estimate of drug-likeness (QED) is 0.402. The van der Waals surface area contributed by atoms with E-state index in [9.17, 15) is 14.9 Å². The molecule has 0 unspecified atom stereocenters. The lowest BCUT2D eigenvalue weighted by Gasteiger charge is -2.00. The Bertz CT molecular complexity index is 446. The zero-order valence-electron chi connectivity index (χ0n) is 7.35. The maximum atomic E-state index is 10.6. The number of rotatable bonds is 2. The van der Waals surface area contributed by atoms with Gasteiger partial charge < -0.3 is 0 Å². The number of carbonyl (C=O) groups is 1. The molecule has 0 aliphatic heterocycles. The van der Waals surface area contributed by atoms with Gasteiger partial charge in [-0.2, -0.15) is 5.26 Å². The first kappa shape index (κ1) is 9.86. The van der Waals surface area contributed by atoms with Crippen LogP contribution in [-0.2, 0) is 0 Å². The van der Waals surface area contributed by atoms with E-state index >= 15 is 0 Å². The third-order valence-corrected chi connectivity index (χ3v) is 1.89. The number of nitriles is 1. The molecule has 0 N–H and O–H groups in total. The van der Waals surface area contributed by atoms with E-state index in [1.165, 1.54) is 19.1 Å². The topological polar surface area (TPSA) is 84.0 Å². The summed E-state index contributed by atoms with van der Waals surface area (Å²) < 4.78 is 0. The number of aldehydes is 1. The lowest BCUT2D eigenvalue weighted by Crippen LogP contribution is -1.99. The maximum Gasteiger partial charge on any atom is 0.284 e. The highest BCUT2D eigenvalue weighted by Gasteiger charge is 2.19. The predicted octanol–water partition coefficient (Wildman–Crippen LogP) is 1.59. The highest BCUT2D eigenvalue weighted by molar-refractivity contribution is 5.83. The number of hydrogen-bond donors (Lipinski definition) is 0. The van der Waals surface area contributed by atoms with Crippen molar-refractivity contribution < 1.29 is 9.72 Å². The van der Waals surface area contributed by atoms with Gasteiger partial charge in [-0.05, 0) is 19.1 Å². The van der Waals surface area contributed by atoms with E-state index in [0.717, 1.165) is 0 Å². The number of nitro groups is 1. The molecule has 0 atom stereocenters. The van der Waals surface area contributed by atoms with Gasteiger partial charge >= 0.3 is 0 Å². The van der Waals surface area contributed by atoms with Gasteiger partial charge in [0.15, 0.2) is 6.29 Å². The van der Waals surface area contributed by atoms with Gasteiger partial charge in [-0.3, -0.25) is 14.9 Å². The molecule has 0 saturated heterocycles. The zero-order chi connectivity index (χ0) is 10.7. The molecule has 0 radical (unpaired) electrons. The van der Waals surface area contributed by atoms with Crippen LogP contribution in [0, 0.1) is 28.4 Å². The fourth-order valence-electron chi connectivity index (χ4n) is 1.18. The Morgan fingerprint density at radius 3 is 2.64 bits per heavy atom. The minimum atomic E-state index is -0.653. The molecule has 0 heterocycles. The molecule has 0 saturated carbocycles. The lowest BCUT2D eigenvalue weighted by molar-refractivity contribution is -0.385. The third kappa shape index (κ3) is 1.45. The van der Waals surface area contributed by atoms with Crippen LogP contribution in [0.4, 0.5) is 5.69 Å². The monoisotopic (exact) mass is 190 g/mol. The van der Waals surface area contributed by atoms with Crippen LogP contribution in [-0.4, -0.2) is 11.2 Å². The van der Waals surface area contributed by atoms with Crippen molar-refractivity contribution in [2.75, 3.05) is 0 Å². The fourth-order valence-corrected chi connectivity index (χ4v) is 1.18. The minimum absolute atomic E-state index is 0.00787. The molecule has 5 nitrogen and oxygen atoms in total. The molecule has 0 fully saturated rings. The maximum absolute atomic E-state index is 10.6. The van der Waals surface area contributed by atoms with Crippen molar-refractivity contribution >= 4 is 12.0 Å². The SMILES string of the molecule is Cc1c(C#N)ccc(C=O)c1[N+](=O)[O-]. The smallest absolute Gasteiger partial charge is 0.284 e. The third-order valence-electron chi connectivity index (χ3n) is 1.89. The van der Waals surface area contributed by atoms with E-state index in [2.05, 4.69) is 0 Å². The van der Waals surface area contributed by atoms with Crippen molar-refractivity contribution in [2.24, 2.45) is 0 Å². The van der Waals surface area contributed by atoms with Crippen molar-refractivity contribution in [3.05, 3.63) is 38.9 Å². The van der Waals surface area contributed by atoms with Crippen LogP contribution >= 0.6 is 0 Å². The molecule has 0 aliphatic carbocycles. The molecular formula is C9H6N2O3. The number of nitrogens with zero attached hydrogens (tertiary/aromatic N) is 2. The average Bonchev–Trinajstić information content (AvgIpc) is 2.16. The summed E-state index contributed by atoms with van der Waals surface area (Å²) in [6.45, 7) is 1.45. The number of nitro benzene ring substituents is 1. The van der Waals surface area contributed by atoms with Gasteiger partial charge in [-0.1, -0.05) is 0 Å². The first-order valence-corrected chi connectivity index (χ1v) is 3.75. The van der Waals surface area contributed by atoms with Crippen LogP contribution in [0.1, 0.15) is 21.5 Å². The van der Waals surface area contributed by atoms with Crippen LogP contribution < -0.4 is 0 Å². The van der Waals surface area contributed by atoms with Gasteiger partial charge in [0, 0.05) is 5.56 Å². The summed E-state index contributed by atoms with van der Waals surface area (Å²) in [6.07, 6.45) is 0.409. The van der Waals surface area contributed by atoms with Crippen molar-refractivity contribution in [1.82, 2.24) is 0 Å². The zero-order valence-corrected chi connectivity index (χ0v) is 7.35. The fraction of sp³-hybridized carbons (Fsp3) is 0.111. The molecular weight excluding hydrogens is 184 g/mol. The Balaban J connectivity index is 3.56. The Hall–Kier alpha value is -2.22. The molecule has 1 aromatic carbocycles. The molecule has 0 amide bonds. The van der Waals surface area contributed by atoms with Gasteiger partial charge in [0.2, 0.25) is 0 Å². The predicted molar refractivity (Wildman–Crippen MR) is 47.9 cm³/mol. The largest absolute Gasteiger partial charge is 0.298 e. The number of benzene rings is 1. The molecule has 70 valence electrons. The van der Waals surface area contributed by atoms with Gasteiger partial charge in [0.1, 0.15) is 0 Å². The summed E-state index contributed by atoms with van der Waals surface area (Å²) >= 11 is 0. The lowest BCUT2D eigenvalue weighted by atomic mass is 10.0. The summed E-state index contributed by atoms with van der Waals surface area (Å²) in [5.41, 5.74) is 0.134. The van der Waals surface area contributed by atoms with E-state index in [4.69, 9.17) is 5.26 Å². The van der Waals surface area contributed by atoms with Crippen LogP contribution in [0.5, 0.6) is 0 Å². The normalized spacial score (nSPS) is 9.14. The van der Waals surface area contributed by atoms with Gasteiger partial charge in [-0.15, -0.1) is 0 Å². The molecule has 0 spiro atoms. The highest BCUT2D eigenvalue weighted by Crippen LogP contribution is 2.24. The van der Waals surface area contributed by atoms with Gasteiger partial charge in [-0.25, -0.2) is 0 Å². The average molecular weight is 190 g/mol. The van der Waals surface area contributed by atoms with E-state index in [0.29, 0.717) is 6.29 Å². The minimum Gasteiger partial charge on any atom is -0.298 e. The Kier molecular flexibility index (Phi) is 2.58. The summed E-state index contributed by atoms with van der Waals surface area (Å²) in [5.74, 6) is 0. The van der Waals surface area contributed by atoms with Crippen LogP contribution in [0.2, 0.25) is 0 Å². The molecule has 0 aromatic heterocycles. The Morgan fingerprint density at radius 2 is 2.21 bits per heavy atom. The Labute approximate surface area is 79.7 Å². The second-order valence-electron chi connectivity index (χ2n) is 2.66. The van der Waals surface area contributed by atoms with Gasteiger partial charge in [0.25, 0.3) is 5.69 Å². The molecule has 0 aliphatic rings. The standard InChI is InChI=1S/C9H6N2O3/c1-6-7(4-10)2-3-8(5-12)9(6)11(13)14/h2-3,5H,1H3.